The number of pyridine rings is 1. The van der Waals surface area contributed by atoms with E-state index in [1.807, 2.05) is 56.3 Å². The number of ether oxygens (including phenoxy) is 3. The van der Waals surface area contributed by atoms with E-state index < -0.39 is 0 Å². The van der Waals surface area contributed by atoms with E-state index in [4.69, 9.17) is 14.2 Å². The second kappa shape index (κ2) is 10.8. The van der Waals surface area contributed by atoms with Crippen LogP contribution in [0.4, 0.5) is 0 Å². The van der Waals surface area contributed by atoms with Gasteiger partial charge in [-0.05, 0) is 67.4 Å². The number of carbonyl (C=O) groups excluding carboxylic acids is 1. The van der Waals surface area contributed by atoms with Crippen LogP contribution in [0, 0.1) is 0 Å². The fraction of sp³-hybridized carbons (Fsp3) is 0.200. The van der Waals surface area contributed by atoms with Crippen LogP contribution in [0.15, 0.2) is 73.1 Å². The van der Waals surface area contributed by atoms with Gasteiger partial charge in [-0.25, -0.2) is 0 Å². The number of aromatic nitrogens is 1. The number of ketones is 1. The molecule has 5 nitrogen and oxygen atoms in total. The summed E-state index contributed by atoms with van der Waals surface area (Å²) in [5, 5.41) is 0. The van der Waals surface area contributed by atoms with Gasteiger partial charge in [0.1, 0.15) is 12.4 Å². The molecule has 1 heterocycles. The van der Waals surface area contributed by atoms with Gasteiger partial charge in [0.05, 0.1) is 13.2 Å². The van der Waals surface area contributed by atoms with Crippen LogP contribution in [-0.4, -0.2) is 24.0 Å². The van der Waals surface area contributed by atoms with Crippen LogP contribution in [0.25, 0.3) is 6.08 Å². The summed E-state index contributed by atoms with van der Waals surface area (Å²) in [5.41, 5.74) is 2.47. The smallest absolute Gasteiger partial charge is 0.187 e. The molecule has 0 bridgehead atoms. The molecule has 1 aromatic heterocycles. The Morgan fingerprint density at radius 3 is 2.40 bits per heavy atom. The molecule has 0 fully saturated rings. The average Bonchev–Trinajstić information content (AvgIpc) is 2.79. The van der Waals surface area contributed by atoms with E-state index in [0.29, 0.717) is 25.4 Å². The van der Waals surface area contributed by atoms with Crippen molar-refractivity contribution in [1.29, 1.82) is 0 Å². The third kappa shape index (κ3) is 5.95. The Kier molecular flexibility index (Phi) is 7.61. The van der Waals surface area contributed by atoms with Crippen LogP contribution in [-0.2, 0) is 6.61 Å². The first kappa shape index (κ1) is 21.1. The van der Waals surface area contributed by atoms with Gasteiger partial charge in [-0.2, -0.15) is 0 Å². The second-order valence-electron chi connectivity index (χ2n) is 6.44. The lowest BCUT2D eigenvalue weighted by atomic mass is 10.1. The summed E-state index contributed by atoms with van der Waals surface area (Å²) in [5.74, 6) is 2.13. The highest BCUT2D eigenvalue weighted by Gasteiger charge is 2.07. The van der Waals surface area contributed by atoms with Gasteiger partial charge in [0.15, 0.2) is 17.3 Å². The average molecular weight is 403 g/mol. The highest BCUT2D eigenvalue weighted by atomic mass is 16.5. The van der Waals surface area contributed by atoms with E-state index in [1.165, 1.54) is 0 Å². The van der Waals surface area contributed by atoms with E-state index in [1.54, 1.807) is 36.7 Å². The number of hydrogen-bond donors (Lipinski definition) is 0. The summed E-state index contributed by atoms with van der Waals surface area (Å²) in [6.07, 6.45) is 6.52. The number of benzene rings is 2. The third-order valence-corrected chi connectivity index (χ3v) is 4.27. The first-order valence-corrected chi connectivity index (χ1v) is 9.93. The molecule has 5 heteroatoms. The monoisotopic (exact) mass is 403 g/mol. The lowest BCUT2D eigenvalue weighted by Gasteiger charge is -2.13. The Morgan fingerprint density at radius 1 is 0.933 bits per heavy atom. The van der Waals surface area contributed by atoms with E-state index in [-0.39, 0.29) is 5.78 Å². The van der Waals surface area contributed by atoms with Crippen molar-refractivity contribution in [1.82, 2.24) is 4.98 Å². The minimum atomic E-state index is -0.0796. The van der Waals surface area contributed by atoms with Gasteiger partial charge in [-0.3, -0.25) is 9.78 Å². The SMILES string of the molecule is CCOc1ccc(COc2ccc(/C=C/C(=O)c3cccnc3)cc2)cc1OCC. The molecule has 30 heavy (non-hydrogen) atoms. The molecule has 0 atom stereocenters. The molecule has 154 valence electrons. The molecule has 3 rings (SSSR count). The summed E-state index contributed by atoms with van der Waals surface area (Å²) in [4.78, 5) is 16.1. The van der Waals surface area contributed by atoms with Crippen molar-refractivity contribution in [3.63, 3.8) is 0 Å². The molecule has 0 unspecified atom stereocenters. The minimum Gasteiger partial charge on any atom is -0.490 e. The van der Waals surface area contributed by atoms with Crippen molar-refractivity contribution < 1.29 is 19.0 Å². The third-order valence-electron chi connectivity index (χ3n) is 4.27. The molecule has 0 saturated carbocycles. The molecule has 0 aliphatic heterocycles. The van der Waals surface area contributed by atoms with E-state index >= 15 is 0 Å². The molecule has 0 radical (unpaired) electrons. The van der Waals surface area contributed by atoms with Crippen LogP contribution in [0.3, 0.4) is 0 Å². The maximum Gasteiger partial charge on any atom is 0.187 e. The molecular formula is C25H25NO4. The quantitative estimate of drug-likeness (QED) is 0.337. The number of nitrogens with zero attached hydrogens (tertiary/aromatic N) is 1. The van der Waals surface area contributed by atoms with Crippen LogP contribution in [0.5, 0.6) is 17.2 Å². The van der Waals surface area contributed by atoms with Gasteiger partial charge in [-0.1, -0.05) is 24.3 Å². The maximum absolute atomic E-state index is 12.1. The predicted octanol–water partition coefficient (Wildman–Crippen LogP) is 5.35. The van der Waals surface area contributed by atoms with Crippen LogP contribution in [0.1, 0.15) is 35.3 Å². The molecule has 3 aromatic rings. The van der Waals surface area contributed by atoms with Crippen molar-refractivity contribution in [2.75, 3.05) is 13.2 Å². The molecule has 0 amide bonds. The lowest BCUT2D eigenvalue weighted by molar-refractivity contribution is 0.104. The zero-order chi connectivity index (χ0) is 21.2. The molecule has 0 aliphatic carbocycles. The Bertz CT molecular complexity index is 982. The predicted molar refractivity (Wildman–Crippen MR) is 117 cm³/mol. The van der Waals surface area contributed by atoms with Crippen molar-refractivity contribution >= 4 is 11.9 Å². The van der Waals surface area contributed by atoms with Crippen LogP contribution < -0.4 is 14.2 Å². The molecular weight excluding hydrogens is 378 g/mol. The summed E-state index contributed by atoms with van der Waals surface area (Å²) in [6.45, 7) is 5.47. The van der Waals surface area contributed by atoms with Crippen molar-refractivity contribution in [3.8, 4) is 17.2 Å². The first-order chi connectivity index (χ1) is 14.7. The Morgan fingerprint density at radius 2 is 1.70 bits per heavy atom. The normalized spacial score (nSPS) is 10.7. The molecule has 0 aliphatic rings. The zero-order valence-corrected chi connectivity index (χ0v) is 17.2. The van der Waals surface area contributed by atoms with Gasteiger partial charge in [0.2, 0.25) is 0 Å². The van der Waals surface area contributed by atoms with Gasteiger partial charge in [0.25, 0.3) is 0 Å². The van der Waals surface area contributed by atoms with Gasteiger partial charge in [0, 0.05) is 18.0 Å². The largest absolute Gasteiger partial charge is 0.490 e. The number of carbonyl (C=O) groups is 1. The van der Waals surface area contributed by atoms with E-state index in [9.17, 15) is 4.79 Å². The van der Waals surface area contributed by atoms with E-state index in [2.05, 4.69) is 4.98 Å². The topological polar surface area (TPSA) is 57.7 Å². The Balaban J connectivity index is 1.59. The van der Waals surface area contributed by atoms with Crippen molar-refractivity contribution in [2.24, 2.45) is 0 Å². The minimum absolute atomic E-state index is 0.0796. The summed E-state index contributed by atoms with van der Waals surface area (Å²) < 4.78 is 17.1. The van der Waals surface area contributed by atoms with E-state index in [0.717, 1.165) is 28.4 Å². The first-order valence-electron chi connectivity index (χ1n) is 9.93. The Hall–Kier alpha value is -3.60. The molecule has 0 spiro atoms. The van der Waals surface area contributed by atoms with Crippen LogP contribution >= 0.6 is 0 Å². The van der Waals surface area contributed by atoms with Crippen LogP contribution in [0.2, 0.25) is 0 Å². The fourth-order valence-electron chi connectivity index (χ4n) is 2.80. The fourth-order valence-corrected chi connectivity index (χ4v) is 2.80. The van der Waals surface area contributed by atoms with Crippen molar-refractivity contribution in [3.05, 3.63) is 89.8 Å². The summed E-state index contributed by atoms with van der Waals surface area (Å²) in [6, 6.07) is 16.9. The highest BCUT2D eigenvalue weighted by molar-refractivity contribution is 6.06. The van der Waals surface area contributed by atoms with Gasteiger partial charge >= 0.3 is 0 Å². The Labute approximate surface area is 176 Å². The molecule has 0 N–H and O–H groups in total. The second-order valence-corrected chi connectivity index (χ2v) is 6.44. The summed E-state index contributed by atoms with van der Waals surface area (Å²) in [7, 11) is 0. The molecule has 0 saturated heterocycles. The molecule has 2 aromatic carbocycles. The standard InChI is InChI=1S/C25H25NO4/c1-3-28-24-14-10-20(16-25(24)29-4-2)18-30-22-11-7-19(8-12-22)9-13-23(27)21-6-5-15-26-17-21/h5-17H,3-4,18H2,1-2H3/b13-9+. The van der Waals surface area contributed by atoms with Gasteiger partial charge < -0.3 is 14.2 Å². The van der Waals surface area contributed by atoms with Crippen molar-refractivity contribution in [2.45, 2.75) is 20.5 Å². The number of hydrogen-bond acceptors (Lipinski definition) is 5. The summed E-state index contributed by atoms with van der Waals surface area (Å²) >= 11 is 0. The number of allylic oxidation sites excluding steroid dienone is 1. The number of rotatable bonds is 10. The van der Waals surface area contributed by atoms with Gasteiger partial charge in [-0.15, -0.1) is 0 Å². The highest BCUT2D eigenvalue weighted by Crippen LogP contribution is 2.29. The zero-order valence-electron chi connectivity index (χ0n) is 17.2. The lowest BCUT2D eigenvalue weighted by Crippen LogP contribution is -2.01. The maximum atomic E-state index is 12.1.